The molecule has 7 heteroatoms. The van der Waals surface area contributed by atoms with Gasteiger partial charge in [0, 0.05) is 17.9 Å². The minimum atomic E-state index is -0.952. The number of halogens is 1. The Morgan fingerprint density at radius 1 is 1.29 bits per heavy atom. The lowest BCUT2D eigenvalue weighted by molar-refractivity contribution is -0.132. The molecule has 146 valence electrons. The maximum Gasteiger partial charge on any atom is 0.270 e. The second-order valence-electron chi connectivity index (χ2n) is 7.55. The topological polar surface area (TPSA) is 82.5 Å². The van der Waals surface area contributed by atoms with E-state index in [1.807, 2.05) is 0 Å². The number of anilines is 1. The van der Waals surface area contributed by atoms with Gasteiger partial charge in [-0.25, -0.2) is 4.39 Å². The molecule has 2 fully saturated rings. The number of nitrogens with zero attached hydrogens (tertiary/aromatic N) is 2. The molecule has 4 rings (SSSR count). The highest BCUT2D eigenvalue weighted by Crippen LogP contribution is 2.46. The number of carbonyl (C=O) groups is 2. The Bertz CT molecular complexity index is 891. The van der Waals surface area contributed by atoms with Crippen molar-refractivity contribution in [3.63, 3.8) is 0 Å². The van der Waals surface area contributed by atoms with Gasteiger partial charge in [-0.2, -0.15) is 0 Å². The Morgan fingerprint density at radius 3 is 2.89 bits per heavy atom. The van der Waals surface area contributed by atoms with Gasteiger partial charge in [-0.1, -0.05) is 18.6 Å². The largest absolute Gasteiger partial charge is 0.390 e. The van der Waals surface area contributed by atoms with E-state index in [0.717, 1.165) is 6.42 Å². The van der Waals surface area contributed by atoms with Crippen LogP contribution in [0.1, 0.15) is 36.2 Å². The molecule has 2 heterocycles. The van der Waals surface area contributed by atoms with E-state index in [1.165, 1.54) is 17.0 Å². The van der Waals surface area contributed by atoms with Crippen LogP contribution in [-0.2, 0) is 4.79 Å². The number of hydrogen-bond donors (Lipinski definition) is 2. The summed E-state index contributed by atoms with van der Waals surface area (Å²) in [4.78, 5) is 31.2. The lowest BCUT2D eigenvalue weighted by Gasteiger charge is -2.38. The van der Waals surface area contributed by atoms with Crippen LogP contribution >= 0.6 is 0 Å². The van der Waals surface area contributed by atoms with Crippen molar-refractivity contribution in [2.75, 3.05) is 11.4 Å². The fourth-order valence-corrected chi connectivity index (χ4v) is 4.39. The van der Waals surface area contributed by atoms with Crippen molar-refractivity contribution in [2.45, 2.75) is 37.8 Å². The highest BCUT2D eigenvalue weighted by Gasteiger charge is 2.55. The van der Waals surface area contributed by atoms with Crippen LogP contribution in [0.5, 0.6) is 0 Å². The summed E-state index contributed by atoms with van der Waals surface area (Å²) in [7, 11) is 0. The predicted octanol–water partition coefficient (Wildman–Crippen LogP) is 2.29. The van der Waals surface area contributed by atoms with Crippen molar-refractivity contribution in [1.29, 1.82) is 0 Å². The number of nitrogens with one attached hydrogen (secondary N) is 1. The monoisotopic (exact) mass is 383 g/mol. The van der Waals surface area contributed by atoms with Crippen LogP contribution in [0.4, 0.5) is 10.1 Å². The van der Waals surface area contributed by atoms with Gasteiger partial charge in [0.05, 0.1) is 18.1 Å². The average Bonchev–Trinajstić information content (AvgIpc) is 2.93. The van der Waals surface area contributed by atoms with E-state index >= 15 is 0 Å². The summed E-state index contributed by atoms with van der Waals surface area (Å²) in [5.41, 5.74) is -0.186. The van der Waals surface area contributed by atoms with Crippen molar-refractivity contribution in [2.24, 2.45) is 5.41 Å². The van der Waals surface area contributed by atoms with E-state index in [4.69, 9.17) is 0 Å². The number of amides is 2. The number of hydrogen-bond acceptors (Lipinski definition) is 4. The van der Waals surface area contributed by atoms with Crippen LogP contribution in [0.3, 0.4) is 0 Å². The van der Waals surface area contributed by atoms with E-state index in [9.17, 15) is 19.1 Å². The van der Waals surface area contributed by atoms with Gasteiger partial charge in [0.2, 0.25) is 5.91 Å². The molecule has 3 atom stereocenters. The quantitative estimate of drug-likeness (QED) is 0.852. The minimum Gasteiger partial charge on any atom is -0.390 e. The molecule has 1 saturated carbocycles. The van der Waals surface area contributed by atoms with Crippen LogP contribution in [0.15, 0.2) is 48.7 Å². The van der Waals surface area contributed by atoms with Gasteiger partial charge in [-0.15, -0.1) is 0 Å². The zero-order valence-corrected chi connectivity index (χ0v) is 15.3. The third kappa shape index (κ3) is 3.26. The molecular formula is C21H22FN3O3. The first kappa shape index (κ1) is 18.6. The number of rotatable bonds is 3. The van der Waals surface area contributed by atoms with E-state index in [-0.39, 0.29) is 24.4 Å². The maximum absolute atomic E-state index is 13.6. The van der Waals surface area contributed by atoms with Crippen molar-refractivity contribution in [1.82, 2.24) is 10.3 Å². The number of aliphatic hydroxyl groups excluding tert-OH is 1. The van der Waals surface area contributed by atoms with Crippen LogP contribution in [-0.4, -0.2) is 40.6 Å². The number of aliphatic hydroxyl groups is 1. The molecule has 1 aliphatic heterocycles. The van der Waals surface area contributed by atoms with Gasteiger partial charge < -0.3 is 15.3 Å². The maximum atomic E-state index is 13.6. The molecule has 1 aromatic heterocycles. The minimum absolute atomic E-state index is 0.128. The zero-order chi connectivity index (χ0) is 19.7. The molecule has 2 amide bonds. The molecule has 2 aromatic rings. The van der Waals surface area contributed by atoms with Crippen molar-refractivity contribution >= 4 is 17.5 Å². The summed E-state index contributed by atoms with van der Waals surface area (Å²) in [5.74, 6) is -0.920. The molecule has 2 aliphatic rings. The Labute approximate surface area is 162 Å². The summed E-state index contributed by atoms with van der Waals surface area (Å²) >= 11 is 0. The zero-order valence-electron chi connectivity index (χ0n) is 15.3. The average molecular weight is 383 g/mol. The molecule has 28 heavy (non-hydrogen) atoms. The fourth-order valence-electron chi connectivity index (χ4n) is 4.39. The molecule has 1 spiro atoms. The smallest absolute Gasteiger partial charge is 0.270 e. The first-order valence-corrected chi connectivity index (χ1v) is 9.47. The van der Waals surface area contributed by atoms with Gasteiger partial charge in [0.1, 0.15) is 11.5 Å². The number of aromatic nitrogens is 1. The van der Waals surface area contributed by atoms with E-state index in [1.54, 1.807) is 36.5 Å². The number of pyridine rings is 1. The standard InChI is InChI=1S/C21H22FN3O3/c22-14-5-3-7-16(11-14)25-13-18(26)21(20(25)28)9-4-6-15(12-21)24-19(27)17-8-1-2-10-23-17/h1-3,5,7-8,10-11,15,18,26H,4,6,9,12-13H2,(H,24,27). The predicted molar refractivity (Wildman–Crippen MR) is 101 cm³/mol. The van der Waals surface area contributed by atoms with Crippen molar-refractivity contribution < 1.29 is 19.1 Å². The van der Waals surface area contributed by atoms with Gasteiger partial charge in [-0.05, 0) is 49.6 Å². The summed E-state index contributed by atoms with van der Waals surface area (Å²) in [6.07, 6.45) is 3.05. The Hall–Kier alpha value is -2.80. The number of β-amino-alcohol motifs (C(OH)–C–C–N with tert-alkyl or cyclic N) is 1. The first-order valence-electron chi connectivity index (χ1n) is 9.47. The second kappa shape index (κ2) is 7.31. The molecular weight excluding hydrogens is 361 g/mol. The normalized spacial score (nSPS) is 27.2. The molecule has 0 radical (unpaired) electrons. The van der Waals surface area contributed by atoms with E-state index < -0.39 is 17.3 Å². The van der Waals surface area contributed by atoms with Crippen LogP contribution in [0.25, 0.3) is 0 Å². The molecule has 6 nitrogen and oxygen atoms in total. The highest BCUT2D eigenvalue weighted by atomic mass is 19.1. The number of carbonyl (C=O) groups excluding carboxylic acids is 2. The van der Waals surface area contributed by atoms with Gasteiger partial charge in [0.15, 0.2) is 0 Å². The fraction of sp³-hybridized carbons (Fsp3) is 0.381. The number of benzene rings is 1. The van der Waals surface area contributed by atoms with E-state index in [0.29, 0.717) is 30.6 Å². The summed E-state index contributed by atoms with van der Waals surface area (Å²) in [6, 6.07) is 10.7. The lowest BCUT2D eigenvalue weighted by Crippen LogP contribution is -2.49. The summed E-state index contributed by atoms with van der Waals surface area (Å²) in [6.45, 7) is 0.128. The summed E-state index contributed by atoms with van der Waals surface area (Å²) < 4.78 is 13.6. The van der Waals surface area contributed by atoms with E-state index in [2.05, 4.69) is 10.3 Å². The molecule has 1 aromatic carbocycles. The van der Waals surface area contributed by atoms with Gasteiger partial charge in [-0.3, -0.25) is 14.6 Å². The van der Waals surface area contributed by atoms with Crippen LogP contribution < -0.4 is 10.2 Å². The molecule has 2 N–H and O–H groups in total. The summed E-state index contributed by atoms with van der Waals surface area (Å²) in [5, 5.41) is 13.7. The highest BCUT2D eigenvalue weighted by molar-refractivity contribution is 6.01. The van der Waals surface area contributed by atoms with Crippen molar-refractivity contribution in [3.8, 4) is 0 Å². The van der Waals surface area contributed by atoms with Gasteiger partial charge >= 0.3 is 0 Å². The Morgan fingerprint density at radius 2 is 2.14 bits per heavy atom. The third-order valence-corrected chi connectivity index (χ3v) is 5.80. The SMILES string of the molecule is O=C(NC1CCCC2(C1)C(=O)N(c1cccc(F)c1)CC2O)c1ccccn1. The third-order valence-electron chi connectivity index (χ3n) is 5.80. The van der Waals surface area contributed by atoms with Crippen LogP contribution in [0, 0.1) is 11.2 Å². The Balaban J connectivity index is 1.52. The van der Waals surface area contributed by atoms with Crippen LogP contribution in [0.2, 0.25) is 0 Å². The van der Waals surface area contributed by atoms with Gasteiger partial charge in [0.25, 0.3) is 5.91 Å². The molecule has 1 aliphatic carbocycles. The molecule has 3 unspecified atom stereocenters. The Kier molecular flexibility index (Phi) is 4.85. The molecule has 1 saturated heterocycles. The second-order valence-corrected chi connectivity index (χ2v) is 7.55. The molecule has 0 bridgehead atoms. The lowest BCUT2D eigenvalue weighted by atomic mass is 9.69. The first-order chi connectivity index (χ1) is 13.5. The van der Waals surface area contributed by atoms with Crippen molar-refractivity contribution in [3.05, 3.63) is 60.2 Å².